The summed E-state index contributed by atoms with van der Waals surface area (Å²) in [7, 11) is 1.87. The first kappa shape index (κ1) is 19.9. The number of morpholine rings is 1. The normalized spacial score (nSPS) is 24.3. The van der Waals surface area contributed by atoms with Gasteiger partial charge >= 0.3 is 0 Å². The molecule has 0 aromatic rings. The molecule has 24 heavy (non-hydrogen) atoms. The number of hydrogen-bond donors (Lipinski definition) is 2. The Bertz CT molecular complexity index is 364. The molecule has 2 aliphatic heterocycles. The average Bonchev–Trinajstić information content (AvgIpc) is 3.15. The zero-order chi connectivity index (χ0) is 17.2. The molecule has 2 atom stereocenters. The number of ether oxygens (including phenoxy) is 1. The molecule has 0 bridgehead atoms. The summed E-state index contributed by atoms with van der Waals surface area (Å²) in [6.07, 6.45) is 5.14. The van der Waals surface area contributed by atoms with E-state index in [9.17, 15) is 0 Å². The molecule has 2 heterocycles. The predicted octanol–water partition coefficient (Wildman–Crippen LogP) is 2.18. The number of guanidine groups is 1. The summed E-state index contributed by atoms with van der Waals surface area (Å²) in [5.74, 6) is 2.98. The molecule has 2 saturated heterocycles. The zero-order valence-corrected chi connectivity index (χ0v) is 16.5. The third kappa shape index (κ3) is 6.12. The smallest absolute Gasteiger partial charge is 0.191 e. The van der Waals surface area contributed by atoms with Gasteiger partial charge in [-0.3, -0.25) is 9.89 Å². The Hall–Kier alpha value is -0.460. The van der Waals surface area contributed by atoms with E-state index in [1.807, 2.05) is 7.05 Å². The lowest BCUT2D eigenvalue weighted by atomic mass is 9.92. The van der Waals surface area contributed by atoms with Crippen molar-refractivity contribution in [3.8, 4) is 0 Å². The van der Waals surface area contributed by atoms with Crippen molar-refractivity contribution < 1.29 is 4.74 Å². The molecule has 0 saturated carbocycles. The summed E-state index contributed by atoms with van der Waals surface area (Å²) in [6, 6.07) is 0.559. The third-order valence-corrected chi connectivity index (χ3v) is 6.73. The van der Waals surface area contributed by atoms with Gasteiger partial charge in [0.1, 0.15) is 0 Å². The fourth-order valence-electron chi connectivity index (χ4n) is 3.77. The van der Waals surface area contributed by atoms with Crippen LogP contribution in [0.25, 0.3) is 0 Å². The van der Waals surface area contributed by atoms with Gasteiger partial charge in [-0.1, -0.05) is 26.7 Å². The molecule has 2 unspecified atom stereocenters. The van der Waals surface area contributed by atoms with Crippen LogP contribution in [0.4, 0.5) is 0 Å². The van der Waals surface area contributed by atoms with Gasteiger partial charge in [0.25, 0.3) is 0 Å². The Labute approximate surface area is 152 Å². The molecular formula is C18H36N4OS. The lowest BCUT2D eigenvalue weighted by Crippen LogP contribution is -2.53. The van der Waals surface area contributed by atoms with Gasteiger partial charge in [-0.15, -0.1) is 0 Å². The van der Waals surface area contributed by atoms with Crippen LogP contribution in [0.2, 0.25) is 0 Å². The fraction of sp³-hybridized carbons (Fsp3) is 0.944. The Kier molecular flexibility index (Phi) is 9.28. The molecule has 140 valence electrons. The van der Waals surface area contributed by atoms with Gasteiger partial charge in [-0.2, -0.15) is 11.8 Å². The van der Waals surface area contributed by atoms with Crippen molar-refractivity contribution in [2.45, 2.75) is 50.8 Å². The van der Waals surface area contributed by atoms with Crippen LogP contribution in [0, 0.1) is 5.92 Å². The average molecular weight is 357 g/mol. The molecule has 2 fully saturated rings. The molecule has 0 radical (unpaired) electrons. The largest absolute Gasteiger partial charge is 0.379 e. The zero-order valence-electron chi connectivity index (χ0n) is 15.7. The number of nitrogens with zero attached hydrogens (tertiary/aromatic N) is 2. The maximum Gasteiger partial charge on any atom is 0.191 e. The highest BCUT2D eigenvalue weighted by atomic mass is 32.2. The quantitative estimate of drug-likeness (QED) is 0.516. The van der Waals surface area contributed by atoms with Crippen LogP contribution in [0.3, 0.4) is 0 Å². The number of aliphatic imine (C=N–C) groups is 1. The first-order valence-corrected chi connectivity index (χ1v) is 10.7. The van der Waals surface area contributed by atoms with Crippen molar-refractivity contribution >= 4 is 17.7 Å². The minimum Gasteiger partial charge on any atom is -0.379 e. The second kappa shape index (κ2) is 11.2. The number of nitrogens with one attached hydrogen (secondary N) is 2. The molecule has 0 amide bonds. The van der Waals surface area contributed by atoms with Gasteiger partial charge < -0.3 is 15.4 Å². The molecule has 0 aliphatic carbocycles. The molecule has 5 nitrogen and oxygen atoms in total. The maximum atomic E-state index is 5.54. The number of thioether (sulfide) groups is 1. The van der Waals surface area contributed by atoms with Gasteiger partial charge in [0.15, 0.2) is 5.96 Å². The van der Waals surface area contributed by atoms with Crippen molar-refractivity contribution in [2.24, 2.45) is 10.9 Å². The van der Waals surface area contributed by atoms with E-state index in [2.05, 4.69) is 46.1 Å². The fourth-order valence-corrected chi connectivity index (χ4v) is 4.97. The topological polar surface area (TPSA) is 48.9 Å². The van der Waals surface area contributed by atoms with E-state index < -0.39 is 0 Å². The van der Waals surface area contributed by atoms with Crippen LogP contribution in [-0.2, 0) is 4.74 Å². The number of rotatable bonds is 8. The summed E-state index contributed by atoms with van der Waals surface area (Å²) < 4.78 is 5.54. The van der Waals surface area contributed by atoms with Crippen molar-refractivity contribution in [1.29, 1.82) is 0 Å². The Morgan fingerprint density at radius 2 is 2.00 bits per heavy atom. The summed E-state index contributed by atoms with van der Waals surface area (Å²) in [5.41, 5.74) is 0. The van der Waals surface area contributed by atoms with Gasteiger partial charge in [-0.25, -0.2) is 0 Å². The Balaban J connectivity index is 1.84. The van der Waals surface area contributed by atoms with Gasteiger partial charge in [-0.05, 0) is 24.5 Å². The molecule has 0 spiro atoms. The van der Waals surface area contributed by atoms with Crippen molar-refractivity contribution in [3.05, 3.63) is 0 Å². The van der Waals surface area contributed by atoms with E-state index in [-0.39, 0.29) is 0 Å². The van der Waals surface area contributed by atoms with Gasteiger partial charge in [0.05, 0.1) is 13.2 Å². The van der Waals surface area contributed by atoms with E-state index in [0.29, 0.717) is 6.04 Å². The lowest BCUT2D eigenvalue weighted by molar-refractivity contribution is 0.00272. The van der Waals surface area contributed by atoms with Crippen LogP contribution in [0.15, 0.2) is 4.99 Å². The summed E-state index contributed by atoms with van der Waals surface area (Å²) >= 11 is 2.09. The molecule has 2 N–H and O–H groups in total. The summed E-state index contributed by atoms with van der Waals surface area (Å²) in [4.78, 5) is 7.02. The van der Waals surface area contributed by atoms with E-state index in [1.165, 1.54) is 31.4 Å². The van der Waals surface area contributed by atoms with Crippen molar-refractivity contribution in [2.75, 3.05) is 52.2 Å². The lowest BCUT2D eigenvalue weighted by Gasteiger charge is -2.39. The Morgan fingerprint density at radius 3 is 2.58 bits per heavy atom. The highest BCUT2D eigenvalue weighted by Gasteiger charge is 2.27. The third-order valence-electron chi connectivity index (χ3n) is 5.33. The standard InChI is InChI=1S/C18H36N4OS/c1-4-15(5-2)17(22-8-10-23-11-9-22)14-21-18(19-3)20-13-16-7-6-12-24-16/h15-17H,4-14H2,1-3H3,(H2,19,20,21). The maximum absolute atomic E-state index is 5.54. The van der Waals surface area contributed by atoms with Gasteiger partial charge in [0.2, 0.25) is 0 Å². The number of hydrogen-bond acceptors (Lipinski definition) is 4. The van der Waals surface area contributed by atoms with Crippen molar-refractivity contribution in [1.82, 2.24) is 15.5 Å². The SMILES string of the molecule is CCC(CC)C(CNC(=NC)NCC1CCCS1)N1CCOCC1. The molecule has 2 rings (SSSR count). The second-order valence-electron chi connectivity index (χ2n) is 6.76. The molecule has 6 heteroatoms. The van der Waals surface area contributed by atoms with Crippen LogP contribution in [0.1, 0.15) is 39.5 Å². The van der Waals surface area contributed by atoms with Crippen LogP contribution in [-0.4, -0.2) is 74.3 Å². The van der Waals surface area contributed by atoms with E-state index in [1.54, 1.807) is 0 Å². The monoisotopic (exact) mass is 356 g/mol. The van der Waals surface area contributed by atoms with Crippen LogP contribution in [0.5, 0.6) is 0 Å². The van der Waals surface area contributed by atoms with E-state index in [4.69, 9.17) is 4.74 Å². The Morgan fingerprint density at radius 1 is 1.25 bits per heavy atom. The van der Waals surface area contributed by atoms with Gasteiger partial charge in [0, 0.05) is 44.5 Å². The summed E-state index contributed by atoms with van der Waals surface area (Å²) in [6.45, 7) is 10.4. The minimum atomic E-state index is 0.559. The van der Waals surface area contributed by atoms with E-state index in [0.717, 1.165) is 56.5 Å². The first-order chi connectivity index (χ1) is 11.8. The predicted molar refractivity (Wildman–Crippen MR) is 105 cm³/mol. The molecular weight excluding hydrogens is 320 g/mol. The highest BCUT2D eigenvalue weighted by Crippen LogP contribution is 2.25. The van der Waals surface area contributed by atoms with Crippen LogP contribution < -0.4 is 10.6 Å². The molecule has 0 aromatic heterocycles. The molecule has 2 aliphatic rings. The van der Waals surface area contributed by atoms with Crippen LogP contribution >= 0.6 is 11.8 Å². The minimum absolute atomic E-state index is 0.559. The van der Waals surface area contributed by atoms with E-state index >= 15 is 0 Å². The first-order valence-electron chi connectivity index (χ1n) is 9.66. The summed E-state index contributed by atoms with van der Waals surface area (Å²) in [5, 5.41) is 7.85. The highest BCUT2D eigenvalue weighted by molar-refractivity contribution is 8.00. The van der Waals surface area contributed by atoms with Crippen molar-refractivity contribution in [3.63, 3.8) is 0 Å². The second-order valence-corrected chi connectivity index (χ2v) is 8.17. The molecule has 0 aromatic carbocycles.